The molecule has 7 aromatic carbocycles. The number of allylic oxidation sites excluding steroid dienone is 1. The van der Waals surface area contributed by atoms with Crippen LogP contribution in [0.5, 0.6) is 0 Å². The quantitative estimate of drug-likeness (QED) is 0.0109. The molecule has 0 fully saturated rings. The minimum Gasteiger partial charge on any atom is -0.395 e. The Kier molecular flexibility index (Phi) is 29.7. The Hall–Kier alpha value is -10.8. The van der Waals surface area contributed by atoms with Crippen LogP contribution in [-0.2, 0) is 0 Å². The van der Waals surface area contributed by atoms with E-state index in [9.17, 15) is 30.3 Å². The molecule has 0 aromatic heterocycles. The van der Waals surface area contributed by atoms with Crippen LogP contribution in [0, 0.1) is 54.8 Å². The molecule has 0 saturated carbocycles. The van der Waals surface area contributed by atoms with Gasteiger partial charge in [-0.05, 0) is 134 Å². The predicted octanol–water partition coefficient (Wildman–Crippen LogP) is 13.7. The van der Waals surface area contributed by atoms with Crippen molar-refractivity contribution in [2.45, 2.75) is 13.8 Å². The van der Waals surface area contributed by atoms with Crippen molar-refractivity contribution in [3.63, 3.8) is 0 Å². The highest BCUT2D eigenvalue weighted by Gasteiger charge is 2.12. The molecule has 25 heteroatoms. The van der Waals surface area contributed by atoms with Gasteiger partial charge in [-0.2, -0.15) is 15.3 Å². The Morgan fingerprint density at radius 3 is 1.23 bits per heavy atom. The molecule has 0 radical (unpaired) electrons. The van der Waals surface area contributed by atoms with Crippen LogP contribution in [0.3, 0.4) is 0 Å². The number of non-ortho nitro benzene ring substituents is 3. The Morgan fingerprint density at radius 2 is 0.875 bits per heavy atom. The molecular weight excluding hydrogens is 1150 g/mol. The number of nitro groups is 3. The van der Waals surface area contributed by atoms with Crippen LogP contribution in [0.25, 0.3) is 27.5 Å². The van der Waals surface area contributed by atoms with Crippen LogP contribution in [0.2, 0.25) is 5.02 Å². The Bertz CT molecular complexity index is 3590. The van der Waals surface area contributed by atoms with Crippen molar-refractivity contribution < 1.29 is 35.2 Å². The SMILES string of the molecule is CCN(CCO)c1ccc(N=Nc2ccc([N+](=O)[O-])cc2)cc1.CCN(CCO)c1ccc(N=Nc2ccc([N+](=O)[O-])cc2Cl)cc1.CN(CCO)c1ccc(/C=C/c2ccc([N+](=O)[O-])cc2)cc1.[C-]#[N+]/C(C#N)=C(\[N+]#[C-])c1ccc(N(C)CCO)cc1. The lowest BCUT2D eigenvalue weighted by Gasteiger charge is -2.21. The molecule has 0 heterocycles. The second-order valence-electron chi connectivity index (χ2n) is 18.3. The number of hydrogen-bond donors (Lipinski definition) is 4. The first-order valence-electron chi connectivity index (χ1n) is 27.1. The van der Waals surface area contributed by atoms with Gasteiger partial charge in [-0.3, -0.25) is 30.3 Å². The molecule has 0 aliphatic carbocycles. The zero-order valence-electron chi connectivity index (χ0n) is 48.7. The van der Waals surface area contributed by atoms with Crippen LogP contribution in [0.1, 0.15) is 30.5 Å². The maximum absolute atomic E-state index is 10.7. The summed E-state index contributed by atoms with van der Waals surface area (Å²) in [6, 6.07) is 47.9. The molecule has 24 nitrogen and oxygen atoms in total. The maximum atomic E-state index is 10.7. The number of likely N-dealkylation sites (N-methyl/N-ethyl adjacent to an activating group) is 4. The van der Waals surface area contributed by atoms with Crippen molar-refractivity contribution in [1.82, 2.24) is 0 Å². The lowest BCUT2D eigenvalue weighted by atomic mass is 10.1. The summed E-state index contributed by atoms with van der Waals surface area (Å²) in [6.45, 7) is 22.2. The van der Waals surface area contributed by atoms with Gasteiger partial charge < -0.3 is 40.0 Å². The molecule has 0 aliphatic rings. The normalized spacial score (nSPS) is 10.8. The van der Waals surface area contributed by atoms with Crippen molar-refractivity contribution in [1.29, 1.82) is 5.26 Å². The van der Waals surface area contributed by atoms with Crippen LogP contribution >= 0.6 is 11.6 Å². The lowest BCUT2D eigenvalue weighted by Crippen LogP contribution is -2.25. The number of halogens is 1. The number of nitro benzene ring substituents is 3. The summed E-state index contributed by atoms with van der Waals surface area (Å²) >= 11 is 5.97. The number of nitriles is 1. The Balaban J connectivity index is 0.000000252. The summed E-state index contributed by atoms with van der Waals surface area (Å²) in [4.78, 5) is 44.7. The van der Waals surface area contributed by atoms with Crippen LogP contribution in [-0.4, -0.2) is 115 Å². The monoisotopic (exact) mass is 1210 g/mol. The molecule has 0 saturated heterocycles. The molecule has 0 bridgehead atoms. The summed E-state index contributed by atoms with van der Waals surface area (Å²) in [5, 5.41) is 93.0. The van der Waals surface area contributed by atoms with Gasteiger partial charge in [-0.1, -0.05) is 48.0 Å². The number of benzene rings is 7. The summed E-state index contributed by atoms with van der Waals surface area (Å²) in [7, 11) is 3.77. The molecule has 0 atom stereocenters. The van der Waals surface area contributed by atoms with E-state index in [1.54, 1.807) is 66.7 Å². The van der Waals surface area contributed by atoms with Gasteiger partial charge in [-0.15, -0.1) is 5.11 Å². The molecule has 0 unspecified atom stereocenters. The smallest absolute Gasteiger partial charge is 0.271 e. The van der Waals surface area contributed by atoms with E-state index in [2.05, 4.69) is 35.0 Å². The summed E-state index contributed by atoms with van der Waals surface area (Å²) < 4.78 is 0. The van der Waals surface area contributed by atoms with Crippen molar-refractivity contribution >= 4 is 92.0 Å². The lowest BCUT2D eigenvalue weighted by molar-refractivity contribution is -0.385. The average molecular weight is 1210 g/mol. The zero-order chi connectivity index (χ0) is 64.4. The highest BCUT2D eigenvalue weighted by molar-refractivity contribution is 6.33. The standard InChI is InChI=1S/C17H18N2O3.C16H17ClN4O3.C16H18N4O3.C14H12N4O/c1-18(12-13-20)16-8-4-14(5-9-16)2-3-15-6-10-17(11-7-15)19(21)22;1-2-20(9-10-22)13-5-3-12(4-6-13)18-19-16-8-7-14(21(23)24)11-15(16)17;1-2-19(11-12-21)15-7-3-13(4-8-15)17-18-14-5-9-16(10-6-14)20(22)23;1-16-13(10-15)14(17-2)11-4-6-12(7-5-11)18(3)8-9-19/h2-11,20H,12-13H2,1H3;3-8,11,22H,2,9-10H2,1H3;3-10,21H,2,11-12H2,1H3;4-7,19H,8-9H2,3H3/b3-2+;;;14-13-. The molecule has 7 rings (SSSR count). The van der Waals surface area contributed by atoms with Gasteiger partial charge in [0.05, 0.1) is 82.5 Å². The van der Waals surface area contributed by atoms with E-state index in [-0.39, 0.29) is 59.9 Å². The first-order valence-corrected chi connectivity index (χ1v) is 27.4. The van der Waals surface area contributed by atoms with Gasteiger partial charge in [0.25, 0.3) is 22.8 Å². The third-order valence-corrected chi connectivity index (χ3v) is 12.9. The molecule has 88 heavy (non-hydrogen) atoms. The number of rotatable bonds is 24. The highest BCUT2D eigenvalue weighted by Crippen LogP contribution is 2.31. The van der Waals surface area contributed by atoms with Gasteiger partial charge >= 0.3 is 0 Å². The third kappa shape index (κ3) is 22.7. The maximum Gasteiger partial charge on any atom is 0.271 e. The van der Waals surface area contributed by atoms with E-state index in [1.807, 2.05) is 115 Å². The van der Waals surface area contributed by atoms with Crippen molar-refractivity contribution in [3.05, 3.63) is 244 Å². The highest BCUT2D eigenvalue weighted by atomic mass is 35.5. The first kappa shape index (κ1) is 69.7. The number of azo groups is 2. The van der Waals surface area contributed by atoms with E-state index in [4.69, 9.17) is 50.4 Å². The fourth-order valence-corrected chi connectivity index (χ4v) is 7.97. The fraction of sp³-hybridized carbons (Fsp3) is 0.222. The molecule has 0 aliphatic heterocycles. The molecule has 0 spiro atoms. The van der Waals surface area contributed by atoms with E-state index in [0.717, 1.165) is 47.0 Å². The summed E-state index contributed by atoms with van der Waals surface area (Å²) in [5.74, 6) is 0. The second-order valence-corrected chi connectivity index (χ2v) is 18.8. The fourth-order valence-electron chi connectivity index (χ4n) is 7.76. The minimum atomic E-state index is -0.516. The van der Waals surface area contributed by atoms with Gasteiger partial charge in [0.1, 0.15) is 5.69 Å². The largest absolute Gasteiger partial charge is 0.395 e. The zero-order valence-corrected chi connectivity index (χ0v) is 49.4. The van der Waals surface area contributed by atoms with E-state index in [0.29, 0.717) is 54.5 Å². The van der Waals surface area contributed by atoms with Crippen LogP contribution in [0.4, 0.5) is 62.6 Å². The molecule has 454 valence electrons. The first-order chi connectivity index (χ1) is 42.4. The van der Waals surface area contributed by atoms with E-state index < -0.39 is 14.8 Å². The predicted molar refractivity (Wildman–Crippen MR) is 344 cm³/mol. The molecule has 7 aromatic rings. The molecule has 0 amide bonds. The number of nitrogens with zero attached hydrogens (tertiary/aromatic N) is 14. The minimum absolute atomic E-state index is 0.0249. The van der Waals surface area contributed by atoms with Gasteiger partial charge in [0.15, 0.2) is 0 Å². The van der Waals surface area contributed by atoms with E-state index in [1.165, 1.54) is 42.5 Å². The van der Waals surface area contributed by atoms with Gasteiger partial charge in [-0.25, -0.2) is 15.0 Å². The number of aliphatic hydroxyl groups is 4. The molecule has 4 N–H and O–H groups in total. The van der Waals surface area contributed by atoms with E-state index >= 15 is 0 Å². The number of anilines is 4. The number of aliphatic hydroxyl groups excluding tert-OH is 4. The molecular formula is C63H65ClN14O10. The number of hydrogen-bond acceptors (Lipinski definition) is 19. The topological polar surface area (TPSA) is 305 Å². The Labute approximate surface area is 514 Å². The van der Waals surface area contributed by atoms with Crippen molar-refractivity contribution in [2.75, 3.05) is 99.4 Å². The van der Waals surface area contributed by atoms with Gasteiger partial charge in [0.2, 0.25) is 5.70 Å². The average Bonchev–Trinajstić information content (AvgIpc) is 3.20. The summed E-state index contributed by atoms with van der Waals surface area (Å²) in [5.41, 5.74) is 8.55. The summed E-state index contributed by atoms with van der Waals surface area (Å²) in [6.07, 6.45) is 3.87. The van der Waals surface area contributed by atoms with Crippen LogP contribution in [0.15, 0.2) is 190 Å². The van der Waals surface area contributed by atoms with Crippen molar-refractivity contribution in [3.8, 4) is 6.07 Å². The third-order valence-electron chi connectivity index (χ3n) is 12.6. The second kappa shape index (κ2) is 37.5. The Morgan fingerprint density at radius 1 is 0.523 bits per heavy atom. The van der Waals surface area contributed by atoms with Gasteiger partial charge in [0, 0.05) is 113 Å². The van der Waals surface area contributed by atoms with Crippen molar-refractivity contribution in [2.24, 2.45) is 20.5 Å². The van der Waals surface area contributed by atoms with Crippen LogP contribution < -0.4 is 19.6 Å².